The number of anilines is 1. The summed E-state index contributed by atoms with van der Waals surface area (Å²) in [5.74, 6) is 2.65. The van der Waals surface area contributed by atoms with Crippen LogP contribution in [0.1, 0.15) is 51.1 Å². The van der Waals surface area contributed by atoms with Crippen molar-refractivity contribution in [3.05, 3.63) is 41.1 Å². The number of fused-ring (bicyclic) bond motifs is 1. The van der Waals surface area contributed by atoms with Crippen molar-refractivity contribution < 1.29 is 9.53 Å². The third kappa shape index (κ3) is 3.36. The number of ether oxygens (including phenoxy) is 1. The van der Waals surface area contributed by atoms with E-state index in [1.807, 2.05) is 35.9 Å². The Balaban J connectivity index is 1.85. The van der Waals surface area contributed by atoms with Crippen molar-refractivity contribution in [3.8, 4) is 5.75 Å². The molecule has 0 radical (unpaired) electrons. The molecule has 0 spiro atoms. The Morgan fingerprint density at radius 3 is 2.96 bits per heavy atom. The van der Waals surface area contributed by atoms with Crippen LogP contribution in [0.4, 0.5) is 5.95 Å². The van der Waals surface area contributed by atoms with Crippen LogP contribution >= 0.6 is 11.8 Å². The van der Waals surface area contributed by atoms with Gasteiger partial charge in [-0.15, -0.1) is 5.10 Å². The Morgan fingerprint density at radius 2 is 2.15 bits per heavy atom. The number of thioether (sulfide) groups is 1. The van der Waals surface area contributed by atoms with Gasteiger partial charge in [-0.1, -0.05) is 36.9 Å². The lowest BCUT2D eigenvalue weighted by atomic mass is 9.85. The van der Waals surface area contributed by atoms with E-state index in [1.54, 1.807) is 11.8 Å². The summed E-state index contributed by atoms with van der Waals surface area (Å²) in [4.78, 5) is 17.5. The predicted octanol–water partition coefficient (Wildman–Crippen LogP) is 4.20. The molecule has 1 aromatic carbocycles. The van der Waals surface area contributed by atoms with Gasteiger partial charge >= 0.3 is 0 Å². The Hall–Kier alpha value is -2.28. The number of Topliss-reactive ketones (excluding diaryl/α,β-unsaturated/α-hetero) is 1. The maximum atomic E-state index is 12.9. The number of ketones is 1. The fourth-order valence-corrected chi connectivity index (χ4v) is 4.36. The summed E-state index contributed by atoms with van der Waals surface area (Å²) >= 11 is 1.64. The molecule has 0 amide bonds. The first-order chi connectivity index (χ1) is 13.2. The first-order valence-corrected chi connectivity index (χ1v) is 10.6. The van der Waals surface area contributed by atoms with Gasteiger partial charge in [0.25, 0.3) is 0 Å². The maximum Gasteiger partial charge on any atom is 0.227 e. The highest BCUT2D eigenvalue weighted by Crippen LogP contribution is 2.43. The maximum absolute atomic E-state index is 12.9. The van der Waals surface area contributed by atoms with Gasteiger partial charge in [-0.05, 0) is 32.3 Å². The highest BCUT2D eigenvalue weighted by molar-refractivity contribution is 7.99. The highest BCUT2D eigenvalue weighted by atomic mass is 32.2. The summed E-state index contributed by atoms with van der Waals surface area (Å²) in [5.41, 5.74) is 2.74. The van der Waals surface area contributed by atoms with E-state index in [9.17, 15) is 4.79 Å². The van der Waals surface area contributed by atoms with Crippen LogP contribution in [0.3, 0.4) is 0 Å². The van der Waals surface area contributed by atoms with Gasteiger partial charge in [0.1, 0.15) is 11.8 Å². The zero-order valence-corrected chi connectivity index (χ0v) is 16.5. The van der Waals surface area contributed by atoms with Crippen molar-refractivity contribution in [1.29, 1.82) is 0 Å². The van der Waals surface area contributed by atoms with Crippen LogP contribution < -0.4 is 10.1 Å². The van der Waals surface area contributed by atoms with Crippen LogP contribution in [0, 0.1) is 0 Å². The van der Waals surface area contributed by atoms with Gasteiger partial charge in [-0.25, -0.2) is 4.68 Å². The SMILES string of the molecule is CCCSc1nc2n(n1)C(c1ccccc1OCC)C1=C(CCCC1=O)N2. The van der Waals surface area contributed by atoms with Crippen molar-refractivity contribution in [2.45, 2.75) is 50.7 Å². The summed E-state index contributed by atoms with van der Waals surface area (Å²) in [6, 6.07) is 7.63. The molecule has 0 bridgehead atoms. The lowest BCUT2D eigenvalue weighted by molar-refractivity contribution is -0.116. The Kier molecular flexibility index (Phi) is 5.20. The third-order valence-electron chi connectivity index (χ3n) is 4.80. The van der Waals surface area contributed by atoms with Crippen molar-refractivity contribution in [2.75, 3.05) is 17.7 Å². The number of nitrogens with zero attached hydrogens (tertiary/aromatic N) is 3. The van der Waals surface area contributed by atoms with E-state index in [2.05, 4.69) is 17.2 Å². The second-order valence-electron chi connectivity index (χ2n) is 6.68. The lowest BCUT2D eigenvalue weighted by Gasteiger charge is -2.32. The average molecular weight is 385 g/mol. The Labute approximate surface area is 163 Å². The third-order valence-corrected chi connectivity index (χ3v) is 5.84. The summed E-state index contributed by atoms with van der Waals surface area (Å²) in [5, 5.41) is 8.85. The number of hydrogen-bond donors (Lipinski definition) is 1. The van der Waals surface area contributed by atoms with Crippen LogP contribution in [-0.4, -0.2) is 32.9 Å². The number of allylic oxidation sites excluding steroid dienone is 2. The molecule has 1 aliphatic heterocycles. The van der Waals surface area contributed by atoms with Crippen molar-refractivity contribution in [3.63, 3.8) is 0 Å². The van der Waals surface area contributed by atoms with Gasteiger partial charge in [0, 0.05) is 29.0 Å². The predicted molar refractivity (Wildman–Crippen MR) is 106 cm³/mol. The minimum Gasteiger partial charge on any atom is -0.494 e. The van der Waals surface area contributed by atoms with Crippen molar-refractivity contribution in [1.82, 2.24) is 14.8 Å². The molecule has 27 heavy (non-hydrogen) atoms. The Morgan fingerprint density at radius 1 is 1.30 bits per heavy atom. The summed E-state index contributed by atoms with van der Waals surface area (Å²) in [6.07, 6.45) is 3.37. The number of nitrogens with one attached hydrogen (secondary N) is 1. The van der Waals surface area contributed by atoms with E-state index in [4.69, 9.17) is 9.84 Å². The number of rotatable bonds is 6. The number of carbonyl (C=O) groups excluding carboxylic acids is 1. The number of benzene rings is 1. The fraction of sp³-hybridized carbons (Fsp3) is 0.450. The van der Waals surface area contributed by atoms with E-state index in [0.29, 0.717) is 19.0 Å². The molecular weight excluding hydrogens is 360 g/mol. The van der Waals surface area contributed by atoms with E-state index in [0.717, 1.165) is 52.8 Å². The minimum atomic E-state index is -0.296. The number of para-hydroxylation sites is 1. The lowest BCUT2D eigenvalue weighted by Crippen LogP contribution is -2.31. The number of aromatic nitrogens is 3. The smallest absolute Gasteiger partial charge is 0.227 e. The monoisotopic (exact) mass is 384 g/mol. The van der Waals surface area contributed by atoms with Gasteiger partial charge in [-0.2, -0.15) is 4.98 Å². The molecule has 0 fully saturated rings. The molecule has 0 saturated carbocycles. The summed E-state index contributed by atoms with van der Waals surface area (Å²) in [7, 11) is 0. The second-order valence-corrected chi connectivity index (χ2v) is 7.74. The zero-order valence-electron chi connectivity index (χ0n) is 15.7. The van der Waals surface area contributed by atoms with Crippen LogP contribution in [-0.2, 0) is 4.79 Å². The molecule has 2 heterocycles. The molecule has 1 aliphatic carbocycles. The number of carbonyl (C=O) groups is 1. The second kappa shape index (κ2) is 7.76. The molecule has 6 nitrogen and oxygen atoms in total. The molecule has 1 N–H and O–H groups in total. The molecule has 2 aliphatic rings. The molecule has 1 unspecified atom stereocenters. The molecule has 1 atom stereocenters. The normalized spacial score (nSPS) is 18.7. The van der Waals surface area contributed by atoms with Gasteiger partial charge in [0.2, 0.25) is 11.1 Å². The largest absolute Gasteiger partial charge is 0.494 e. The first kappa shape index (κ1) is 18.1. The van der Waals surface area contributed by atoms with E-state index in [-0.39, 0.29) is 11.8 Å². The first-order valence-electron chi connectivity index (χ1n) is 9.57. The van der Waals surface area contributed by atoms with Crippen molar-refractivity contribution >= 4 is 23.5 Å². The minimum absolute atomic E-state index is 0.184. The van der Waals surface area contributed by atoms with Gasteiger partial charge < -0.3 is 10.1 Å². The summed E-state index contributed by atoms with van der Waals surface area (Å²) < 4.78 is 7.73. The van der Waals surface area contributed by atoms with Crippen LogP contribution in [0.5, 0.6) is 5.75 Å². The van der Waals surface area contributed by atoms with E-state index >= 15 is 0 Å². The molecule has 2 aromatic rings. The topological polar surface area (TPSA) is 69.0 Å². The van der Waals surface area contributed by atoms with Gasteiger partial charge in [-0.3, -0.25) is 4.79 Å². The molecule has 4 rings (SSSR count). The molecule has 0 saturated heterocycles. The van der Waals surface area contributed by atoms with Crippen molar-refractivity contribution in [2.24, 2.45) is 0 Å². The van der Waals surface area contributed by atoms with Gasteiger partial charge in [0.05, 0.1) is 6.61 Å². The van der Waals surface area contributed by atoms with Crippen LogP contribution in [0.15, 0.2) is 40.7 Å². The molecular formula is C20H24N4O2S. The summed E-state index contributed by atoms with van der Waals surface area (Å²) in [6.45, 7) is 4.68. The van der Waals surface area contributed by atoms with Crippen LogP contribution in [0.2, 0.25) is 0 Å². The van der Waals surface area contributed by atoms with E-state index < -0.39 is 0 Å². The molecule has 7 heteroatoms. The Bertz CT molecular complexity index is 890. The highest BCUT2D eigenvalue weighted by Gasteiger charge is 2.38. The average Bonchev–Trinajstić information content (AvgIpc) is 3.08. The number of hydrogen-bond acceptors (Lipinski definition) is 6. The zero-order chi connectivity index (χ0) is 18.8. The molecule has 142 valence electrons. The van der Waals surface area contributed by atoms with E-state index in [1.165, 1.54) is 0 Å². The fourth-order valence-electron chi connectivity index (χ4n) is 3.67. The molecule has 1 aromatic heterocycles. The quantitative estimate of drug-likeness (QED) is 0.753. The standard InChI is InChI=1S/C20H24N4O2S/c1-3-12-27-20-22-19-21-14-9-7-10-15(25)17(14)18(24(19)23-20)13-8-5-6-11-16(13)26-4-2/h5-6,8,11,18H,3-4,7,9-10,12H2,1-2H3,(H,21,22,23). The van der Waals surface area contributed by atoms with Crippen LogP contribution in [0.25, 0.3) is 0 Å². The van der Waals surface area contributed by atoms with Gasteiger partial charge in [0.15, 0.2) is 5.78 Å².